The molecule has 3 amide bonds. The topological polar surface area (TPSA) is 96.5 Å². The first kappa shape index (κ1) is 19.5. The average Bonchev–Trinajstić information content (AvgIpc) is 3.04. The summed E-state index contributed by atoms with van der Waals surface area (Å²) in [4.78, 5) is 37.0. The molecule has 0 spiro atoms. The van der Waals surface area contributed by atoms with Crippen molar-refractivity contribution in [1.82, 2.24) is 16.2 Å². The lowest BCUT2D eigenvalue weighted by Gasteiger charge is -2.08. The van der Waals surface area contributed by atoms with Crippen molar-refractivity contribution in [2.45, 2.75) is 20.3 Å². The van der Waals surface area contributed by atoms with Gasteiger partial charge in [-0.3, -0.25) is 25.2 Å². The van der Waals surface area contributed by atoms with Crippen molar-refractivity contribution in [2.75, 3.05) is 13.2 Å². The van der Waals surface area contributed by atoms with E-state index in [9.17, 15) is 14.4 Å². The third-order valence-corrected chi connectivity index (χ3v) is 4.82. The summed E-state index contributed by atoms with van der Waals surface area (Å²) in [5.74, 6) is -0.783. The number of carbonyl (C=O) groups is 3. The van der Waals surface area contributed by atoms with Crippen molar-refractivity contribution in [3.8, 4) is 5.75 Å². The Balaban J connectivity index is 1.68. The third-order valence-electron chi connectivity index (χ3n) is 3.44. The highest BCUT2D eigenvalue weighted by atomic mass is 32.1. The maximum Gasteiger partial charge on any atom is 0.279 e. The number of aryl methyl sites for hydroxylation is 2. The van der Waals surface area contributed by atoms with E-state index in [1.165, 1.54) is 11.3 Å². The molecule has 8 heteroatoms. The number of ether oxygens (including phenoxy) is 1. The summed E-state index contributed by atoms with van der Waals surface area (Å²) in [6.45, 7) is 3.50. The van der Waals surface area contributed by atoms with Crippen LogP contribution in [0.25, 0.3) is 0 Å². The van der Waals surface area contributed by atoms with Crippen LogP contribution >= 0.6 is 11.3 Å². The number of rotatable bonds is 7. The van der Waals surface area contributed by atoms with Crippen LogP contribution in [0.4, 0.5) is 0 Å². The number of para-hydroxylation sites is 1. The monoisotopic (exact) mass is 375 g/mol. The van der Waals surface area contributed by atoms with E-state index in [0.717, 1.165) is 16.9 Å². The van der Waals surface area contributed by atoms with E-state index >= 15 is 0 Å². The molecule has 0 aliphatic rings. The van der Waals surface area contributed by atoms with E-state index in [1.54, 1.807) is 30.3 Å². The first-order valence-electron chi connectivity index (χ1n) is 8.12. The van der Waals surface area contributed by atoms with Gasteiger partial charge in [0, 0.05) is 4.88 Å². The molecule has 0 aliphatic heterocycles. The van der Waals surface area contributed by atoms with Crippen LogP contribution in [0.2, 0.25) is 0 Å². The van der Waals surface area contributed by atoms with E-state index in [-0.39, 0.29) is 19.1 Å². The maximum atomic E-state index is 12.0. The van der Waals surface area contributed by atoms with Gasteiger partial charge in [-0.2, -0.15) is 0 Å². The molecule has 0 aliphatic carbocycles. The standard InChI is InChI=1S/C18H21N3O4S/c1-3-14-12(2)9-15(26-14)18(24)21-20-16(22)10-19-17(23)11-25-13-7-5-4-6-8-13/h4-9H,3,10-11H2,1-2H3,(H,19,23)(H,20,22)(H,21,24). The summed E-state index contributed by atoms with van der Waals surface area (Å²) in [6.07, 6.45) is 0.854. The zero-order chi connectivity index (χ0) is 18.9. The van der Waals surface area contributed by atoms with Gasteiger partial charge < -0.3 is 10.1 Å². The van der Waals surface area contributed by atoms with Gasteiger partial charge in [-0.25, -0.2) is 0 Å². The van der Waals surface area contributed by atoms with Crippen LogP contribution in [-0.4, -0.2) is 30.9 Å². The molecule has 7 nitrogen and oxygen atoms in total. The Morgan fingerprint density at radius 2 is 1.81 bits per heavy atom. The lowest BCUT2D eigenvalue weighted by molar-refractivity contribution is -0.127. The number of hydrogen-bond donors (Lipinski definition) is 3. The number of carbonyl (C=O) groups excluding carboxylic acids is 3. The molecule has 0 saturated carbocycles. The fourth-order valence-electron chi connectivity index (χ4n) is 2.11. The van der Waals surface area contributed by atoms with Gasteiger partial charge in [-0.05, 0) is 37.1 Å². The van der Waals surface area contributed by atoms with Gasteiger partial charge >= 0.3 is 0 Å². The Morgan fingerprint density at radius 3 is 2.46 bits per heavy atom. The molecule has 26 heavy (non-hydrogen) atoms. The number of hydrogen-bond acceptors (Lipinski definition) is 5. The highest BCUT2D eigenvalue weighted by Gasteiger charge is 2.13. The molecule has 0 radical (unpaired) electrons. The molecule has 0 saturated heterocycles. The number of thiophene rings is 1. The predicted molar refractivity (Wildman–Crippen MR) is 99.0 cm³/mol. The lowest BCUT2D eigenvalue weighted by atomic mass is 10.2. The van der Waals surface area contributed by atoms with Crippen LogP contribution in [0.5, 0.6) is 5.75 Å². The summed E-state index contributed by atoms with van der Waals surface area (Å²) in [6, 6.07) is 10.7. The van der Waals surface area contributed by atoms with E-state index in [4.69, 9.17) is 4.74 Å². The van der Waals surface area contributed by atoms with E-state index in [0.29, 0.717) is 10.6 Å². The van der Waals surface area contributed by atoms with Crippen LogP contribution in [0.3, 0.4) is 0 Å². The fraction of sp³-hybridized carbons (Fsp3) is 0.278. The van der Waals surface area contributed by atoms with Gasteiger partial charge in [-0.15, -0.1) is 11.3 Å². The minimum atomic E-state index is -0.532. The van der Waals surface area contributed by atoms with Crippen LogP contribution in [0, 0.1) is 6.92 Å². The molecule has 0 fully saturated rings. The smallest absolute Gasteiger partial charge is 0.279 e. The number of benzene rings is 1. The Hall–Kier alpha value is -2.87. The fourth-order valence-corrected chi connectivity index (χ4v) is 3.12. The van der Waals surface area contributed by atoms with Gasteiger partial charge in [0.2, 0.25) is 0 Å². The largest absolute Gasteiger partial charge is 0.484 e. The van der Waals surface area contributed by atoms with E-state index in [2.05, 4.69) is 16.2 Å². The summed E-state index contributed by atoms with van der Waals surface area (Å²) in [7, 11) is 0. The minimum Gasteiger partial charge on any atom is -0.484 e. The van der Waals surface area contributed by atoms with E-state index in [1.807, 2.05) is 19.9 Å². The normalized spacial score (nSPS) is 10.1. The molecular formula is C18H21N3O4S. The number of amides is 3. The zero-order valence-corrected chi connectivity index (χ0v) is 15.4. The van der Waals surface area contributed by atoms with Gasteiger partial charge in [-0.1, -0.05) is 25.1 Å². The molecule has 2 rings (SSSR count). The molecular weight excluding hydrogens is 354 g/mol. The third kappa shape index (κ3) is 5.89. The van der Waals surface area contributed by atoms with Crippen molar-refractivity contribution in [2.24, 2.45) is 0 Å². The van der Waals surface area contributed by atoms with Crippen molar-refractivity contribution in [1.29, 1.82) is 0 Å². The van der Waals surface area contributed by atoms with Gasteiger partial charge in [0.05, 0.1) is 11.4 Å². The van der Waals surface area contributed by atoms with Crippen LogP contribution in [-0.2, 0) is 16.0 Å². The minimum absolute atomic E-state index is 0.197. The Labute approximate surface area is 155 Å². The van der Waals surface area contributed by atoms with Crippen LogP contribution in [0.1, 0.15) is 27.0 Å². The maximum absolute atomic E-state index is 12.0. The number of nitrogens with one attached hydrogen (secondary N) is 3. The summed E-state index contributed by atoms with van der Waals surface area (Å²) in [5.41, 5.74) is 5.66. The molecule has 1 aromatic heterocycles. The second-order valence-corrected chi connectivity index (χ2v) is 6.59. The number of hydrazine groups is 1. The lowest BCUT2D eigenvalue weighted by Crippen LogP contribution is -2.46. The Morgan fingerprint density at radius 1 is 1.08 bits per heavy atom. The van der Waals surface area contributed by atoms with Crippen LogP contribution < -0.4 is 20.9 Å². The quantitative estimate of drug-likeness (QED) is 0.640. The molecule has 0 bridgehead atoms. The molecule has 3 N–H and O–H groups in total. The molecule has 138 valence electrons. The van der Waals surface area contributed by atoms with Crippen molar-refractivity contribution < 1.29 is 19.1 Å². The van der Waals surface area contributed by atoms with Crippen molar-refractivity contribution in [3.63, 3.8) is 0 Å². The Bertz CT molecular complexity index is 774. The predicted octanol–water partition coefficient (Wildman–Crippen LogP) is 1.58. The van der Waals surface area contributed by atoms with Gasteiger partial charge in [0.1, 0.15) is 5.75 Å². The molecule has 2 aromatic rings. The summed E-state index contributed by atoms with van der Waals surface area (Å²) >= 11 is 1.39. The van der Waals surface area contributed by atoms with Gasteiger partial charge in [0.25, 0.3) is 17.7 Å². The highest BCUT2D eigenvalue weighted by Crippen LogP contribution is 2.21. The molecule has 1 heterocycles. The van der Waals surface area contributed by atoms with Crippen LogP contribution in [0.15, 0.2) is 36.4 Å². The van der Waals surface area contributed by atoms with Crippen molar-refractivity contribution >= 4 is 29.1 Å². The second kappa shape index (κ2) is 9.57. The van der Waals surface area contributed by atoms with E-state index < -0.39 is 11.8 Å². The first-order valence-corrected chi connectivity index (χ1v) is 8.94. The van der Waals surface area contributed by atoms with Crippen molar-refractivity contribution in [3.05, 3.63) is 51.7 Å². The summed E-state index contributed by atoms with van der Waals surface area (Å²) < 4.78 is 5.27. The van der Waals surface area contributed by atoms with Gasteiger partial charge in [0.15, 0.2) is 6.61 Å². The first-order chi connectivity index (χ1) is 12.5. The molecule has 0 atom stereocenters. The summed E-state index contributed by atoms with van der Waals surface area (Å²) in [5, 5.41) is 2.41. The zero-order valence-electron chi connectivity index (χ0n) is 14.6. The second-order valence-electron chi connectivity index (χ2n) is 5.45. The molecule has 0 unspecified atom stereocenters. The SMILES string of the molecule is CCc1sc(C(=O)NNC(=O)CNC(=O)COc2ccccc2)cc1C. The average molecular weight is 375 g/mol. The highest BCUT2D eigenvalue weighted by molar-refractivity contribution is 7.14. The molecule has 1 aromatic carbocycles. The Kier molecular flexibility index (Phi) is 7.16.